The Morgan fingerprint density at radius 3 is 2.45 bits per heavy atom. The molecule has 0 aromatic heterocycles. The molecule has 20 heavy (non-hydrogen) atoms. The van der Waals surface area contributed by atoms with E-state index in [0.717, 1.165) is 12.4 Å². The maximum atomic E-state index is 8.64. The first-order chi connectivity index (χ1) is 9.01. The molecule has 0 heterocycles. The zero-order valence-electron chi connectivity index (χ0n) is 12.8. The van der Waals surface area contributed by atoms with Crippen molar-refractivity contribution in [2.75, 3.05) is 13.6 Å². The van der Waals surface area contributed by atoms with Crippen LogP contribution in [0.25, 0.3) is 0 Å². The predicted octanol–water partition coefficient (Wildman–Crippen LogP) is 2.91. The molecule has 0 bridgehead atoms. The van der Waals surface area contributed by atoms with Crippen LogP contribution in [0.1, 0.15) is 43.7 Å². The number of likely N-dealkylation sites (N-methyl/N-ethyl adjacent to an activating group) is 1. The van der Waals surface area contributed by atoms with Gasteiger partial charge in [-0.1, -0.05) is 29.8 Å². The molecule has 0 unspecified atom stereocenters. The molecule has 3 heteroatoms. The monoisotopic (exact) mass is 274 g/mol. The first-order valence-electron chi connectivity index (χ1n) is 7.39. The fourth-order valence-electron chi connectivity index (χ4n) is 3.73. The maximum Gasteiger partial charge on any atom is 0.106 e. The van der Waals surface area contributed by atoms with Gasteiger partial charge in [0, 0.05) is 13.6 Å². The Balaban J connectivity index is 0.00000147. The van der Waals surface area contributed by atoms with Gasteiger partial charge in [0.2, 0.25) is 0 Å². The van der Waals surface area contributed by atoms with E-state index < -0.39 is 0 Å². The molecule has 2 fully saturated rings. The lowest BCUT2D eigenvalue weighted by Gasteiger charge is -2.51. The van der Waals surface area contributed by atoms with E-state index in [9.17, 15) is 0 Å². The minimum atomic E-state index is -0.00667. The fourth-order valence-corrected chi connectivity index (χ4v) is 3.73. The first kappa shape index (κ1) is 15.0. The summed E-state index contributed by atoms with van der Waals surface area (Å²) in [5.41, 5.74) is 3.26. The molecule has 3 N–H and O–H groups in total. The van der Waals surface area contributed by atoms with Gasteiger partial charge in [-0.25, -0.2) is 0 Å². The van der Waals surface area contributed by atoms with Crippen molar-refractivity contribution in [1.82, 2.24) is 4.90 Å². The quantitative estimate of drug-likeness (QED) is 0.668. The van der Waals surface area contributed by atoms with Crippen molar-refractivity contribution < 1.29 is 5.48 Å². The smallest absolute Gasteiger partial charge is 0.106 e. The van der Waals surface area contributed by atoms with Crippen molar-refractivity contribution in [2.24, 2.45) is 5.41 Å². The number of hydrogen-bond donors (Lipinski definition) is 1. The molecule has 0 aliphatic heterocycles. The number of nitrogens with zero attached hydrogens (tertiary/aromatic N) is 1. The van der Waals surface area contributed by atoms with E-state index in [0.29, 0.717) is 5.41 Å². The summed E-state index contributed by atoms with van der Waals surface area (Å²) in [5, 5.41) is 8.64. The Morgan fingerprint density at radius 2 is 1.95 bits per heavy atom. The summed E-state index contributed by atoms with van der Waals surface area (Å²) in [6.07, 6.45) is 5.13. The second kappa shape index (κ2) is 4.88. The highest BCUT2D eigenvalue weighted by molar-refractivity contribution is 5.92. The summed E-state index contributed by atoms with van der Waals surface area (Å²) in [7, 11) is 2.05. The molecule has 1 spiro atoms. The van der Waals surface area contributed by atoms with Gasteiger partial charge >= 0.3 is 0 Å². The number of hydrogen-bond acceptors (Lipinski definition) is 1. The number of rotatable bonds is 3. The Kier molecular flexibility index (Phi) is 3.67. The Hall–Kier alpha value is -1.35. The van der Waals surface area contributed by atoms with Crippen LogP contribution < -0.4 is 0 Å². The molecule has 2 saturated carbocycles. The molecule has 1 aromatic rings. The minimum absolute atomic E-state index is 0. The molecule has 0 saturated heterocycles. The van der Waals surface area contributed by atoms with E-state index in [-0.39, 0.29) is 10.9 Å². The number of aryl methyl sites for hydroxylation is 1. The first-order valence-corrected chi connectivity index (χ1v) is 7.39. The second-order valence-corrected chi connectivity index (χ2v) is 6.67. The zero-order valence-corrected chi connectivity index (χ0v) is 12.8. The third kappa shape index (κ3) is 2.14. The molecule has 3 nitrogen and oxygen atoms in total. The standard InChI is InChI=1S/C17H24N2.H2O/c1-4-19(3)15(18)17(11-16(12-17)8-9-16)14-7-5-6-13(2)10-14;/h5-7,10,18H,4,8-9,11-12H2,1-3H3;1H2. The average molecular weight is 274 g/mol. The molecule has 110 valence electrons. The van der Waals surface area contributed by atoms with Gasteiger partial charge < -0.3 is 10.4 Å². The van der Waals surface area contributed by atoms with Crippen LogP contribution in [0.5, 0.6) is 0 Å². The topological polar surface area (TPSA) is 58.6 Å². The van der Waals surface area contributed by atoms with E-state index in [1.165, 1.54) is 36.8 Å². The van der Waals surface area contributed by atoms with Crippen molar-refractivity contribution in [3.63, 3.8) is 0 Å². The van der Waals surface area contributed by atoms with Crippen molar-refractivity contribution in [3.05, 3.63) is 35.4 Å². The Bertz CT molecular complexity index is 511. The highest BCUT2D eigenvalue weighted by Crippen LogP contribution is 2.69. The van der Waals surface area contributed by atoms with Crippen LogP contribution in [0.15, 0.2) is 24.3 Å². The van der Waals surface area contributed by atoms with Gasteiger partial charge in [-0.2, -0.15) is 0 Å². The molecular formula is C17H26N2O. The zero-order chi connectivity index (χ0) is 13.7. The molecule has 0 atom stereocenters. The highest BCUT2D eigenvalue weighted by atomic mass is 16.0. The lowest BCUT2D eigenvalue weighted by molar-refractivity contribution is 0.168. The van der Waals surface area contributed by atoms with Crippen LogP contribution in [0, 0.1) is 17.7 Å². The summed E-state index contributed by atoms with van der Waals surface area (Å²) in [4.78, 5) is 2.11. The second-order valence-electron chi connectivity index (χ2n) is 6.67. The van der Waals surface area contributed by atoms with Gasteiger partial charge in [0.05, 0.1) is 5.41 Å². The third-order valence-corrected chi connectivity index (χ3v) is 5.19. The van der Waals surface area contributed by atoms with Crippen molar-refractivity contribution >= 4 is 5.84 Å². The van der Waals surface area contributed by atoms with Gasteiger partial charge in [-0.05, 0) is 50.5 Å². The van der Waals surface area contributed by atoms with E-state index in [1.807, 2.05) is 0 Å². The Labute approximate surface area is 121 Å². The normalized spacial score (nSPS) is 20.8. The molecule has 3 rings (SSSR count). The van der Waals surface area contributed by atoms with Gasteiger partial charge in [-0.3, -0.25) is 5.41 Å². The van der Waals surface area contributed by atoms with Crippen LogP contribution >= 0.6 is 0 Å². The molecule has 2 aliphatic rings. The summed E-state index contributed by atoms with van der Waals surface area (Å²) in [6, 6.07) is 8.80. The predicted molar refractivity (Wildman–Crippen MR) is 83.4 cm³/mol. The summed E-state index contributed by atoms with van der Waals surface area (Å²) >= 11 is 0. The number of amidine groups is 1. The minimum Gasteiger partial charge on any atom is -0.412 e. The largest absolute Gasteiger partial charge is 0.412 e. The fraction of sp³-hybridized carbons (Fsp3) is 0.588. The van der Waals surface area contributed by atoms with Crippen LogP contribution in [0.3, 0.4) is 0 Å². The van der Waals surface area contributed by atoms with Crippen molar-refractivity contribution in [2.45, 2.75) is 44.9 Å². The average Bonchev–Trinajstić information content (AvgIpc) is 3.15. The highest BCUT2D eigenvalue weighted by Gasteiger charge is 2.63. The number of nitrogens with one attached hydrogen (secondary N) is 1. The van der Waals surface area contributed by atoms with Gasteiger partial charge in [0.25, 0.3) is 0 Å². The van der Waals surface area contributed by atoms with Crippen molar-refractivity contribution in [3.8, 4) is 0 Å². The van der Waals surface area contributed by atoms with Crippen LogP contribution in [-0.4, -0.2) is 29.8 Å². The van der Waals surface area contributed by atoms with Crippen LogP contribution in [-0.2, 0) is 5.41 Å². The molecule has 0 amide bonds. The molecule has 2 aliphatic carbocycles. The third-order valence-electron chi connectivity index (χ3n) is 5.19. The van der Waals surface area contributed by atoms with E-state index in [1.54, 1.807) is 0 Å². The SMILES string of the molecule is CCN(C)C(=N)C1(c2cccc(C)c2)CC2(CC2)C1.O. The van der Waals surface area contributed by atoms with Crippen molar-refractivity contribution in [1.29, 1.82) is 5.41 Å². The summed E-state index contributed by atoms with van der Waals surface area (Å²) in [5.74, 6) is 0.818. The van der Waals surface area contributed by atoms with Gasteiger partial charge in [-0.15, -0.1) is 0 Å². The molecule has 0 radical (unpaired) electrons. The summed E-state index contributed by atoms with van der Waals surface area (Å²) < 4.78 is 0. The molecular weight excluding hydrogens is 248 g/mol. The summed E-state index contributed by atoms with van der Waals surface area (Å²) in [6.45, 7) is 5.19. The Morgan fingerprint density at radius 1 is 1.30 bits per heavy atom. The van der Waals surface area contributed by atoms with E-state index >= 15 is 0 Å². The van der Waals surface area contributed by atoms with Crippen LogP contribution in [0.2, 0.25) is 0 Å². The number of benzene rings is 1. The van der Waals surface area contributed by atoms with Gasteiger partial charge in [0.15, 0.2) is 0 Å². The lowest BCUT2D eigenvalue weighted by atomic mass is 9.55. The van der Waals surface area contributed by atoms with Crippen LogP contribution in [0.4, 0.5) is 0 Å². The van der Waals surface area contributed by atoms with E-state index in [4.69, 9.17) is 5.41 Å². The maximum absolute atomic E-state index is 8.64. The lowest BCUT2D eigenvalue weighted by Crippen LogP contribution is -2.54. The van der Waals surface area contributed by atoms with Gasteiger partial charge in [0.1, 0.15) is 5.84 Å². The van der Waals surface area contributed by atoms with E-state index in [2.05, 4.69) is 50.1 Å². The molecule has 1 aromatic carbocycles.